The predicted octanol–water partition coefficient (Wildman–Crippen LogP) is 2.43. The lowest BCUT2D eigenvalue weighted by Gasteiger charge is -2.31. The predicted molar refractivity (Wildman–Crippen MR) is 125 cm³/mol. The number of anilines is 1. The molecule has 0 bridgehead atoms. The third-order valence-corrected chi connectivity index (χ3v) is 5.97. The Hall–Kier alpha value is -3.17. The van der Waals surface area contributed by atoms with Gasteiger partial charge in [0.1, 0.15) is 11.4 Å². The van der Waals surface area contributed by atoms with E-state index in [0.717, 1.165) is 48.2 Å². The number of nitrogens with zero attached hydrogens (tertiary/aromatic N) is 4. The maximum absolute atomic E-state index is 11.8. The van der Waals surface area contributed by atoms with Crippen molar-refractivity contribution < 1.29 is 19.7 Å². The van der Waals surface area contributed by atoms with E-state index >= 15 is 0 Å². The number of ether oxygens (including phenoxy) is 1. The molecule has 0 aliphatic carbocycles. The van der Waals surface area contributed by atoms with Gasteiger partial charge in [-0.2, -0.15) is 0 Å². The molecule has 1 saturated heterocycles. The summed E-state index contributed by atoms with van der Waals surface area (Å²) in [6, 6.07) is 9.31. The Morgan fingerprint density at radius 2 is 2.00 bits per heavy atom. The minimum absolute atomic E-state index is 0.0588. The second-order valence-corrected chi connectivity index (χ2v) is 8.42. The smallest absolute Gasteiger partial charge is 0.320 e. The van der Waals surface area contributed by atoms with Gasteiger partial charge in [-0.1, -0.05) is 6.07 Å². The zero-order valence-electron chi connectivity index (χ0n) is 19.1. The van der Waals surface area contributed by atoms with Crippen LogP contribution in [0.15, 0.2) is 30.3 Å². The molecular weight excluding hydrogens is 422 g/mol. The van der Waals surface area contributed by atoms with Gasteiger partial charge in [0.25, 0.3) is 0 Å². The summed E-state index contributed by atoms with van der Waals surface area (Å²) in [6.07, 6.45) is 1.75. The Bertz CT molecular complexity index is 1120. The largest absolute Gasteiger partial charge is 0.506 e. The van der Waals surface area contributed by atoms with Crippen molar-refractivity contribution in [3.05, 3.63) is 47.3 Å². The summed E-state index contributed by atoms with van der Waals surface area (Å²) in [5, 5.41) is 23.5. The first kappa shape index (κ1) is 23.0. The number of aromatic nitrogens is 3. The fourth-order valence-electron chi connectivity index (χ4n) is 4.21. The maximum Gasteiger partial charge on any atom is 0.320 e. The number of hydrogen-bond donors (Lipinski definition) is 3. The van der Waals surface area contributed by atoms with Crippen LogP contribution in [0.25, 0.3) is 11.0 Å². The van der Waals surface area contributed by atoms with Gasteiger partial charge in [0, 0.05) is 24.8 Å². The number of benzene rings is 1. The van der Waals surface area contributed by atoms with Gasteiger partial charge in [-0.15, -0.1) is 0 Å². The maximum atomic E-state index is 11.8. The van der Waals surface area contributed by atoms with Gasteiger partial charge < -0.3 is 24.8 Å². The van der Waals surface area contributed by atoms with E-state index in [-0.39, 0.29) is 24.4 Å². The van der Waals surface area contributed by atoms with Crippen LogP contribution in [0, 0.1) is 6.92 Å². The van der Waals surface area contributed by atoms with Gasteiger partial charge in [-0.3, -0.25) is 14.7 Å². The number of fused-ring (bicyclic) bond motifs is 1. The van der Waals surface area contributed by atoms with Crippen molar-refractivity contribution in [2.45, 2.75) is 45.9 Å². The highest BCUT2D eigenvalue weighted by Gasteiger charge is 2.23. The molecule has 33 heavy (non-hydrogen) atoms. The normalized spacial score (nSPS) is 15.1. The van der Waals surface area contributed by atoms with Gasteiger partial charge in [0.15, 0.2) is 0 Å². The Morgan fingerprint density at radius 1 is 1.21 bits per heavy atom. The quantitative estimate of drug-likeness (QED) is 0.446. The number of likely N-dealkylation sites (tertiary alicyclic amines) is 1. The van der Waals surface area contributed by atoms with Crippen molar-refractivity contribution in [2.24, 2.45) is 0 Å². The molecule has 3 N–H and O–H groups in total. The highest BCUT2D eigenvalue weighted by Crippen LogP contribution is 2.26. The van der Waals surface area contributed by atoms with E-state index in [1.807, 2.05) is 36.6 Å². The molecule has 0 unspecified atom stereocenters. The molecule has 2 aromatic heterocycles. The molecule has 0 atom stereocenters. The summed E-state index contributed by atoms with van der Waals surface area (Å²) in [7, 11) is 0. The second kappa shape index (κ2) is 10.2. The number of aliphatic hydroxyl groups is 1. The van der Waals surface area contributed by atoms with E-state index in [1.165, 1.54) is 0 Å². The van der Waals surface area contributed by atoms with Gasteiger partial charge in [0.2, 0.25) is 5.95 Å². The summed E-state index contributed by atoms with van der Waals surface area (Å²) in [5.41, 5.74) is 3.86. The van der Waals surface area contributed by atoms with E-state index in [1.54, 1.807) is 12.1 Å². The minimum Gasteiger partial charge on any atom is -0.506 e. The Morgan fingerprint density at radius 3 is 2.73 bits per heavy atom. The zero-order chi connectivity index (χ0) is 23.4. The standard InChI is InChI=1S/C24H31N5O4/c1-3-33-23(32)14-28-10-8-18(9-11-28)26-24-27-19-6-5-17(15-30)12-21(19)29(24)13-20-22(31)7-4-16(2)25-20/h4-7,12,18,30-31H,3,8-11,13-15H2,1-2H3,(H,26,27). The number of esters is 1. The summed E-state index contributed by atoms with van der Waals surface area (Å²) < 4.78 is 7.06. The topological polar surface area (TPSA) is 113 Å². The summed E-state index contributed by atoms with van der Waals surface area (Å²) in [6.45, 7) is 6.31. The molecule has 176 valence electrons. The van der Waals surface area contributed by atoms with Crippen LogP contribution in [0.5, 0.6) is 5.75 Å². The monoisotopic (exact) mass is 453 g/mol. The average Bonchev–Trinajstić information content (AvgIpc) is 3.13. The number of hydrogen-bond acceptors (Lipinski definition) is 8. The molecule has 0 amide bonds. The number of pyridine rings is 1. The van der Waals surface area contributed by atoms with Gasteiger partial charge in [-0.05, 0) is 56.5 Å². The van der Waals surface area contributed by atoms with Crippen molar-refractivity contribution in [2.75, 3.05) is 31.6 Å². The van der Waals surface area contributed by atoms with Gasteiger partial charge in [-0.25, -0.2) is 4.98 Å². The molecule has 0 radical (unpaired) electrons. The number of nitrogens with one attached hydrogen (secondary N) is 1. The van der Waals surface area contributed by atoms with Crippen LogP contribution in [0.3, 0.4) is 0 Å². The van der Waals surface area contributed by atoms with Crippen LogP contribution in [0.1, 0.15) is 36.7 Å². The first-order valence-electron chi connectivity index (χ1n) is 11.4. The van der Waals surface area contributed by atoms with Crippen molar-refractivity contribution in [3.63, 3.8) is 0 Å². The van der Waals surface area contributed by atoms with Crippen LogP contribution in [0.2, 0.25) is 0 Å². The van der Waals surface area contributed by atoms with Crippen molar-refractivity contribution in [1.29, 1.82) is 0 Å². The number of carbonyl (C=O) groups is 1. The number of piperidine rings is 1. The van der Waals surface area contributed by atoms with Crippen molar-refractivity contribution >= 4 is 23.0 Å². The number of imidazole rings is 1. The van der Waals surface area contributed by atoms with Crippen molar-refractivity contribution in [1.82, 2.24) is 19.4 Å². The Balaban J connectivity index is 1.55. The molecular formula is C24H31N5O4. The third-order valence-electron chi connectivity index (χ3n) is 5.97. The third kappa shape index (κ3) is 5.43. The number of aryl methyl sites for hydroxylation is 1. The second-order valence-electron chi connectivity index (χ2n) is 8.42. The van der Waals surface area contributed by atoms with Gasteiger partial charge >= 0.3 is 5.97 Å². The lowest BCUT2D eigenvalue weighted by molar-refractivity contribution is -0.144. The summed E-state index contributed by atoms with van der Waals surface area (Å²) >= 11 is 0. The molecule has 1 aliphatic heterocycles. The zero-order valence-corrected chi connectivity index (χ0v) is 19.1. The Labute approximate surface area is 193 Å². The minimum atomic E-state index is -0.184. The van der Waals surface area contributed by atoms with Crippen LogP contribution in [0.4, 0.5) is 5.95 Å². The first-order valence-corrected chi connectivity index (χ1v) is 11.4. The number of carbonyl (C=O) groups excluding carboxylic acids is 1. The molecule has 3 heterocycles. The fourth-order valence-corrected chi connectivity index (χ4v) is 4.21. The molecule has 9 nitrogen and oxygen atoms in total. The number of aliphatic hydroxyl groups excluding tert-OH is 1. The SMILES string of the molecule is CCOC(=O)CN1CCC(Nc2nc3ccc(CO)cc3n2Cc2nc(C)ccc2O)CC1. The van der Waals surface area contributed by atoms with E-state index < -0.39 is 0 Å². The average molecular weight is 454 g/mol. The van der Waals surface area contributed by atoms with Crippen molar-refractivity contribution in [3.8, 4) is 5.75 Å². The molecule has 0 spiro atoms. The lowest BCUT2D eigenvalue weighted by atomic mass is 10.1. The molecule has 4 rings (SSSR count). The van der Waals surface area contributed by atoms with Gasteiger partial charge in [0.05, 0.1) is 37.3 Å². The summed E-state index contributed by atoms with van der Waals surface area (Å²) in [4.78, 5) is 23.2. The number of rotatable bonds is 8. The molecule has 9 heteroatoms. The highest BCUT2D eigenvalue weighted by atomic mass is 16.5. The van der Waals surface area contributed by atoms with E-state index in [4.69, 9.17) is 9.72 Å². The van der Waals surface area contributed by atoms with Crippen LogP contribution < -0.4 is 5.32 Å². The Kier molecular flexibility index (Phi) is 7.10. The fraction of sp³-hybridized carbons (Fsp3) is 0.458. The van der Waals surface area contributed by atoms with Crippen LogP contribution in [-0.2, 0) is 22.7 Å². The highest BCUT2D eigenvalue weighted by molar-refractivity contribution is 5.79. The number of aromatic hydroxyl groups is 1. The van der Waals surface area contributed by atoms with E-state index in [2.05, 4.69) is 15.2 Å². The first-order chi connectivity index (χ1) is 16.0. The molecule has 3 aromatic rings. The van der Waals surface area contributed by atoms with Crippen LogP contribution >= 0.6 is 0 Å². The molecule has 0 saturated carbocycles. The molecule has 1 fully saturated rings. The lowest BCUT2D eigenvalue weighted by Crippen LogP contribution is -2.42. The van der Waals surface area contributed by atoms with E-state index in [0.29, 0.717) is 31.3 Å². The van der Waals surface area contributed by atoms with Crippen LogP contribution in [-0.4, -0.2) is 67.9 Å². The van der Waals surface area contributed by atoms with E-state index in [9.17, 15) is 15.0 Å². The summed E-state index contributed by atoms with van der Waals surface area (Å²) in [5.74, 6) is 0.654. The molecule has 1 aromatic carbocycles. The molecule has 1 aliphatic rings.